The van der Waals surface area contributed by atoms with Crippen molar-refractivity contribution in [3.05, 3.63) is 59.4 Å². The molecule has 0 atom stereocenters. The van der Waals surface area contributed by atoms with Gasteiger partial charge in [-0.05, 0) is 43.0 Å². The lowest BCUT2D eigenvalue weighted by Gasteiger charge is -2.20. The minimum Gasteiger partial charge on any atom is -0.381 e. The Morgan fingerprint density at radius 1 is 1.04 bits per heavy atom. The van der Waals surface area contributed by atoms with Crippen molar-refractivity contribution in [2.45, 2.75) is 58.4 Å². The first kappa shape index (κ1) is 17.1. The molecule has 0 aliphatic heterocycles. The van der Waals surface area contributed by atoms with E-state index in [9.17, 15) is 0 Å². The highest BCUT2D eigenvalue weighted by Gasteiger charge is 2.14. The number of rotatable bonds is 6. The number of nitrogens with one attached hydrogen (secondary N) is 2. The molecule has 1 fully saturated rings. The van der Waals surface area contributed by atoms with E-state index in [2.05, 4.69) is 59.7 Å². The third kappa shape index (κ3) is 4.27. The summed E-state index contributed by atoms with van der Waals surface area (Å²) in [5.41, 5.74) is 5.95. The predicted molar refractivity (Wildman–Crippen MR) is 109 cm³/mol. The van der Waals surface area contributed by atoms with Crippen molar-refractivity contribution in [2.24, 2.45) is 5.92 Å². The number of aromatic nitrogens is 2. The highest BCUT2D eigenvalue weighted by molar-refractivity contribution is 5.79. The van der Waals surface area contributed by atoms with Gasteiger partial charge in [0.15, 0.2) is 0 Å². The Morgan fingerprint density at radius 2 is 1.85 bits per heavy atom. The number of aromatic amines is 1. The van der Waals surface area contributed by atoms with Crippen LogP contribution in [0.2, 0.25) is 0 Å². The summed E-state index contributed by atoms with van der Waals surface area (Å²) < 4.78 is 0. The molecule has 0 amide bonds. The van der Waals surface area contributed by atoms with Crippen LogP contribution in [0.4, 0.5) is 5.69 Å². The first-order valence-electron chi connectivity index (χ1n) is 10.0. The molecule has 26 heavy (non-hydrogen) atoms. The smallest absolute Gasteiger partial charge is 0.107 e. The van der Waals surface area contributed by atoms with Gasteiger partial charge in [0.2, 0.25) is 0 Å². The minimum atomic E-state index is 0.842. The molecule has 2 aromatic carbocycles. The lowest BCUT2D eigenvalue weighted by atomic mass is 9.86. The van der Waals surface area contributed by atoms with E-state index in [-0.39, 0.29) is 0 Å². The number of benzene rings is 2. The van der Waals surface area contributed by atoms with Gasteiger partial charge in [-0.1, -0.05) is 61.9 Å². The van der Waals surface area contributed by atoms with Crippen LogP contribution in [0.15, 0.2) is 42.5 Å². The molecular weight excluding hydrogens is 318 g/mol. The van der Waals surface area contributed by atoms with Crippen molar-refractivity contribution in [1.82, 2.24) is 9.97 Å². The van der Waals surface area contributed by atoms with Gasteiger partial charge in [0.1, 0.15) is 5.82 Å². The number of fused-ring (bicyclic) bond motifs is 1. The average molecular weight is 348 g/mol. The molecular formula is C23H29N3. The van der Waals surface area contributed by atoms with Crippen molar-refractivity contribution in [1.29, 1.82) is 0 Å². The van der Waals surface area contributed by atoms with Crippen molar-refractivity contribution >= 4 is 16.7 Å². The Balaban J connectivity index is 1.37. The van der Waals surface area contributed by atoms with Crippen molar-refractivity contribution in [3.63, 3.8) is 0 Å². The maximum Gasteiger partial charge on any atom is 0.107 e. The van der Waals surface area contributed by atoms with Crippen LogP contribution in [-0.2, 0) is 13.0 Å². The molecule has 1 aliphatic rings. The summed E-state index contributed by atoms with van der Waals surface area (Å²) >= 11 is 0. The molecule has 0 saturated heterocycles. The van der Waals surface area contributed by atoms with Crippen LogP contribution in [0.25, 0.3) is 11.0 Å². The Labute approximate surface area is 156 Å². The van der Waals surface area contributed by atoms with E-state index in [1.165, 1.54) is 49.7 Å². The summed E-state index contributed by atoms with van der Waals surface area (Å²) in [4.78, 5) is 8.31. The Bertz CT molecular complexity index is 842. The van der Waals surface area contributed by atoms with E-state index in [1.807, 2.05) is 0 Å². The van der Waals surface area contributed by atoms with Crippen LogP contribution in [0.5, 0.6) is 0 Å². The molecule has 3 nitrogen and oxygen atoms in total. The van der Waals surface area contributed by atoms with Crippen LogP contribution >= 0.6 is 0 Å². The van der Waals surface area contributed by atoms with Gasteiger partial charge in [-0.15, -0.1) is 0 Å². The Morgan fingerprint density at radius 3 is 2.65 bits per heavy atom. The van der Waals surface area contributed by atoms with E-state index in [1.54, 1.807) is 0 Å². The fourth-order valence-corrected chi connectivity index (χ4v) is 4.02. The van der Waals surface area contributed by atoms with Crippen LogP contribution in [0.1, 0.15) is 55.5 Å². The van der Waals surface area contributed by atoms with Gasteiger partial charge >= 0.3 is 0 Å². The fourth-order valence-electron chi connectivity index (χ4n) is 4.02. The van der Waals surface area contributed by atoms with E-state index in [0.717, 1.165) is 41.4 Å². The summed E-state index contributed by atoms with van der Waals surface area (Å²) in [7, 11) is 0. The van der Waals surface area contributed by atoms with Gasteiger partial charge in [0.25, 0.3) is 0 Å². The normalized spacial score (nSPS) is 15.4. The minimum absolute atomic E-state index is 0.842. The molecule has 0 radical (unpaired) electrons. The number of aryl methyl sites for hydroxylation is 2. The number of hydrogen-bond acceptors (Lipinski definition) is 2. The average Bonchev–Trinajstić information content (AvgIpc) is 3.09. The fraction of sp³-hybridized carbons (Fsp3) is 0.435. The summed E-state index contributed by atoms with van der Waals surface area (Å²) in [6.07, 6.45) is 9.44. The predicted octanol–water partition coefficient (Wildman–Crippen LogP) is 6.00. The zero-order valence-electron chi connectivity index (χ0n) is 15.7. The molecule has 1 saturated carbocycles. The first-order chi connectivity index (χ1) is 12.8. The molecule has 1 aliphatic carbocycles. The van der Waals surface area contributed by atoms with Crippen molar-refractivity contribution in [2.75, 3.05) is 5.32 Å². The van der Waals surface area contributed by atoms with Crippen LogP contribution in [-0.4, -0.2) is 9.97 Å². The molecule has 3 aromatic rings. The lowest BCUT2D eigenvalue weighted by Crippen LogP contribution is -2.07. The second-order valence-electron chi connectivity index (χ2n) is 7.80. The quantitative estimate of drug-likeness (QED) is 0.574. The van der Waals surface area contributed by atoms with E-state index in [4.69, 9.17) is 4.98 Å². The zero-order valence-corrected chi connectivity index (χ0v) is 15.7. The summed E-state index contributed by atoms with van der Waals surface area (Å²) in [5.74, 6) is 2.05. The third-order valence-electron chi connectivity index (χ3n) is 5.66. The molecule has 136 valence electrons. The molecule has 1 aromatic heterocycles. The van der Waals surface area contributed by atoms with Gasteiger partial charge in [-0.3, -0.25) is 0 Å². The van der Waals surface area contributed by atoms with E-state index in [0.29, 0.717) is 0 Å². The third-order valence-corrected chi connectivity index (χ3v) is 5.66. The topological polar surface area (TPSA) is 40.7 Å². The number of anilines is 1. The molecule has 0 unspecified atom stereocenters. The number of H-pyrrole nitrogens is 1. The Hall–Kier alpha value is -2.29. The van der Waals surface area contributed by atoms with E-state index >= 15 is 0 Å². The van der Waals surface area contributed by atoms with Crippen molar-refractivity contribution < 1.29 is 0 Å². The number of imidazole rings is 1. The molecule has 0 spiro atoms. The number of nitrogens with zero attached hydrogens (tertiary/aromatic N) is 1. The van der Waals surface area contributed by atoms with Gasteiger partial charge < -0.3 is 10.3 Å². The molecule has 3 heteroatoms. The SMILES string of the molecule is Cc1ccc(CNc2ccc3nc(CCC4CCCCC4)[nH]c3c2)cc1. The monoisotopic (exact) mass is 347 g/mol. The Kier molecular flexibility index (Phi) is 5.24. The maximum atomic E-state index is 4.78. The van der Waals surface area contributed by atoms with E-state index < -0.39 is 0 Å². The largest absolute Gasteiger partial charge is 0.381 e. The van der Waals surface area contributed by atoms with Gasteiger partial charge in [-0.2, -0.15) is 0 Å². The summed E-state index contributed by atoms with van der Waals surface area (Å²) in [6, 6.07) is 15.1. The van der Waals surface area contributed by atoms with Crippen LogP contribution < -0.4 is 5.32 Å². The number of hydrogen-bond donors (Lipinski definition) is 2. The first-order valence-corrected chi connectivity index (χ1v) is 10.0. The standard InChI is InChI=1S/C23H29N3/c1-17-7-9-19(10-8-17)16-24-20-12-13-21-22(15-20)26-23(25-21)14-11-18-5-3-2-4-6-18/h7-10,12-13,15,18,24H,2-6,11,14,16H2,1H3,(H,25,26). The maximum absolute atomic E-state index is 4.78. The van der Waals surface area contributed by atoms with Gasteiger partial charge in [-0.25, -0.2) is 4.98 Å². The lowest BCUT2D eigenvalue weighted by molar-refractivity contribution is 0.337. The second-order valence-corrected chi connectivity index (χ2v) is 7.80. The van der Waals surface area contributed by atoms with Crippen LogP contribution in [0, 0.1) is 12.8 Å². The van der Waals surface area contributed by atoms with Gasteiger partial charge in [0, 0.05) is 18.7 Å². The van der Waals surface area contributed by atoms with Gasteiger partial charge in [0.05, 0.1) is 11.0 Å². The summed E-state index contributed by atoms with van der Waals surface area (Å²) in [6.45, 7) is 2.96. The van der Waals surface area contributed by atoms with Crippen LogP contribution in [0.3, 0.4) is 0 Å². The molecule has 4 rings (SSSR count). The molecule has 2 N–H and O–H groups in total. The zero-order chi connectivity index (χ0) is 17.8. The highest BCUT2D eigenvalue weighted by atomic mass is 14.9. The second kappa shape index (κ2) is 7.94. The van der Waals surface area contributed by atoms with Crippen molar-refractivity contribution in [3.8, 4) is 0 Å². The summed E-state index contributed by atoms with van der Waals surface area (Å²) in [5, 5.41) is 3.52. The highest BCUT2D eigenvalue weighted by Crippen LogP contribution is 2.27. The molecule has 1 heterocycles. The molecule has 0 bridgehead atoms.